The van der Waals surface area contributed by atoms with Crippen LogP contribution in [-0.4, -0.2) is 50.7 Å². The highest BCUT2D eigenvalue weighted by Gasteiger charge is 2.31. The molecule has 15 heteroatoms. The van der Waals surface area contributed by atoms with Gasteiger partial charge in [-0.15, -0.1) is 18.3 Å². The van der Waals surface area contributed by atoms with Gasteiger partial charge >= 0.3 is 6.36 Å². The number of aryl methyl sites for hydroxylation is 1. The summed E-state index contributed by atoms with van der Waals surface area (Å²) in [7, 11) is -3.90. The third kappa shape index (κ3) is 5.86. The molecule has 0 fully saturated rings. The average molecular weight is 622 g/mol. The van der Waals surface area contributed by atoms with E-state index in [1.54, 1.807) is 35.9 Å². The minimum Gasteiger partial charge on any atom is -0.406 e. The molecule has 42 heavy (non-hydrogen) atoms. The third-order valence-electron chi connectivity index (χ3n) is 6.29. The fourth-order valence-corrected chi connectivity index (χ4v) is 5.63. The number of ether oxygens (including phenoxy) is 1. The van der Waals surface area contributed by atoms with Gasteiger partial charge in [0.2, 0.25) is 0 Å². The maximum Gasteiger partial charge on any atom is 0.573 e. The lowest BCUT2D eigenvalue weighted by atomic mass is 10.0. The first-order chi connectivity index (χ1) is 19.7. The largest absolute Gasteiger partial charge is 0.573 e. The summed E-state index contributed by atoms with van der Waals surface area (Å²) in [6, 6.07) is 12.4. The van der Waals surface area contributed by atoms with Gasteiger partial charge in [-0.2, -0.15) is 0 Å². The summed E-state index contributed by atoms with van der Waals surface area (Å²) in [5.41, 5.74) is 1.96. The van der Waals surface area contributed by atoms with Crippen LogP contribution in [-0.2, 0) is 16.4 Å². The second-order valence-electron chi connectivity index (χ2n) is 9.15. The van der Waals surface area contributed by atoms with E-state index in [0.717, 1.165) is 24.5 Å². The minimum absolute atomic E-state index is 0.202. The predicted octanol–water partition coefficient (Wildman–Crippen LogP) is 5.68. The van der Waals surface area contributed by atoms with Gasteiger partial charge in [0.15, 0.2) is 9.84 Å². The van der Waals surface area contributed by atoms with Gasteiger partial charge in [-0.05, 0) is 66.6 Å². The van der Waals surface area contributed by atoms with Crippen LogP contribution in [0.15, 0.2) is 71.9 Å². The molecule has 2 aromatic heterocycles. The number of imidazole rings is 1. The number of aromatic nitrogens is 5. The van der Waals surface area contributed by atoms with Crippen molar-refractivity contribution in [3.05, 3.63) is 89.3 Å². The van der Waals surface area contributed by atoms with Crippen molar-refractivity contribution in [1.82, 2.24) is 24.5 Å². The van der Waals surface area contributed by atoms with Gasteiger partial charge in [0, 0.05) is 23.6 Å². The number of aliphatic hydroxyl groups is 1. The van der Waals surface area contributed by atoms with Crippen LogP contribution in [0.1, 0.15) is 11.4 Å². The number of hydrogen-bond donors (Lipinski definition) is 1. The Morgan fingerprint density at radius 1 is 1.00 bits per heavy atom. The SMILES string of the molecule is Cc1nc(Cl)cn1-c1ccc(-c2cc(F)c(CO)c(S(C)(=O)=O)c2)cc1-n1nncc1-c1ccc(OC(F)(F)F)cc1. The maximum atomic E-state index is 15.0. The molecule has 9 nitrogen and oxygen atoms in total. The molecule has 5 aromatic rings. The number of rotatable bonds is 7. The number of sulfone groups is 1. The zero-order valence-corrected chi connectivity index (χ0v) is 23.3. The molecule has 0 spiro atoms. The highest BCUT2D eigenvalue weighted by atomic mass is 35.5. The van der Waals surface area contributed by atoms with Crippen molar-refractivity contribution in [2.45, 2.75) is 24.8 Å². The molecular weight excluding hydrogens is 602 g/mol. The molecule has 0 bridgehead atoms. The molecular formula is C27H20ClF4N5O4S. The van der Waals surface area contributed by atoms with Gasteiger partial charge < -0.3 is 14.4 Å². The number of benzene rings is 3. The van der Waals surface area contributed by atoms with Gasteiger partial charge in [0.25, 0.3) is 0 Å². The van der Waals surface area contributed by atoms with Crippen LogP contribution in [0.3, 0.4) is 0 Å². The Morgan fingerprint density at radius 2 is 1.69 bits per heavy atom. The second-order valence-corrected chi connectivity index (χ2v) is 11.5. The fraction of sp³-hybridized carbons (Fsp3) is 0.148. The topological polar surface area (TPSA) is 112 Å². The molecule has 0 radical (unpaired) electrons. The molecule has 0 aliphatic carbocycles. The smallest absolute Gasteiger partial charge is 0.406 e. The first-order valence-corrected chi connectivity index (χ1v) is 14.3. The Bertz CT molecular complexity index is 1900. The second kappa shape index (κ2) is 10.9. The Balaban J connectivity index is 1.70. The van der Waals surface area contributed by atoms with Crippen LogP contribution >= 0.6 is 11.6 Å². The number of halogens is 5. The van der Waals surface area contributed by atoms with Crippen LogP contribution in [0.25, 0.3) is 33.8 Å². The molecule has 2 heterocycles. The van der Waals surface area contributed by atoms with Gasteiger partial charge in [-0.3, -0.25) is 0 Å². The summed E-state index contributed by atoms with van der Waals surface area (Å²) < 4.78 is 84.7. The van der Waals surface area contributed by atoms with Crippen molar-refractivity contribution >= 4 is 21.4 Å². The zero-order chi connectivity index (χ0) is 30.4. The van der Waals surface area contributed by atoms with Crippen molar-refractivity contribution in [2.24, 2.45) is 0 Å². The molecule has 3 aromatic carbocycles. The summed E-state index contributed by atoms with van der Waals surface area (Å²) in [5, 5.41) is 18.0. The average Bonchev–Trinajstić information content (AvgIpc) is 3.52. The van der Waals surface area contributed by atoms with Crippen molar-refractivity contribution in [3.63, 3.8) is 0 Å². The lowest BCUT2D eigenvalue weighted by Gasteiger charge is -2.17. The van der Waals surface area contributed by atoms with Gasteiger partial charge in [0.1, 0.15) is 22.5 Å². The first-order valence-electron chi connectivity index (χ1n) is 12.0. The van der Waals surface area contributed by atoms with Crippen molar-refractivity contribution in [2.75, 3.05) is 6.26 Å². The molecule has 5 rings (SSSR count). The van der Waals surface area contributed by atoms with Crippen LogP contribution < -0.4 is 4.74 Å². The molecule has 0 saturated heterocycles. The van der Waals surface area contributed by atoms with Gasteiger partial charge in [-0.25, -0.2) is 22.5 Å². The summed E-state index contributed by atoms with van der Waals surface area (Å²) >= 11 is 6.14. The van der Waals surface area contributed by atoms with Crippen LogP contribution in [0, 0.1) is 12.7 Å². The van der Waals surface area contributed by atoms with E-state index in [0.29, 0.717) is 34.0 Å². The predicted molar refractivity (Wildman–Crippen MR) is 145 cm³/mol. The van der Waals surface area contributed by atoms with Crippen molar-refractivity contribution in [1.29, 1.82) is 0 Å². The molecule has 0 aliphatic heterocycles. The van der Waals surface area contributed by atoms with E-state index in [1.807, 2.05) is 0 Å². The lowest BCUT2D eigenvalue weighted by Crippen LogP contribution is -2.16. The molecule has 0 saturated carbocycles. The quantitative estimate of drug-likeness (QED) is 0.233. The van der Waals surface area contributed by atoms with E-state index in [1.165, 1.54) is 29.1 Å². The van der Waals surface area contributed by atoms with E-state index < -0.39 is 34.4 Å². The molecule has 0 atom stereocenters. The Morgan fingerprint density at radius 3 is 2.29 bits per heavy atom. The number of hydrogen-bond acceptors (Lipinski definition) is 7. The molecule has 0 aliphatic rings. The monoisotopic (exact) mass is 621 g/mol. The highest BCUT2D eigenvalue weighted by molar-refractivity contribution is 7.90. The summed E-state index contributed by atoms with van der Waals surface area (Å²) in [6.07, 6.45) is -0.971. The van der Waals surface area contributed by atoms with Crippen LogP contribution in [0.5, 0.6) is 5.75 Å². The molecule has 1 N–H and O–H groups in total. The number of nitrogens with zero attached hydrogens (tertiary/aromatic N) is 5. The minimum atomic E-state index is -4.85. The van der Waals surface area contributed by atoms with E-state index >= 15 is 0 Å². The van der Waals surface area contributed by atoms with Crippen LogP contribution in [0.4, 0.5) is 17.6 Å². The Hall–Kier alpha value is -4.27. The standard InChI is InChI=1S/C27H20ClF4N5O4S/c1-15-34-26(28)13-36(15)22-8-5-17(18-9-21(29)20(14-38)25(11-18)42(2,39)40)10-23(22)37-24(12-33-35-37)16-3-6-19(7-4-16)41-27(30,31)32/h3-13,38H,14H2,1-2H3. The van der Waals surface area contributed by atoms with Gasteiger partial charge in [-0.1, -0.05) is 22.9 Å². The lowest BCUT2D eigenvalue weighted by molar-refractivity contribution is -0.274. The Labute approximate surface area is 241 Å². The van der Waals surface area contributed by atoms with E-state index in [9.17, 15) is 31.1 Å². The zero-order valence-electron chi connectivity index (χ0n) is 21.8. The van der Waals surface area contributed by atoms with Crippen molar-refractivity contribution < 1.29 is 35.8 Å². The van der Waals surface area contributed by atoms with Crippen LogP contribution in [0.2, 0.25) is 5.15 Å². The van der Waals surface area contributed by atoms with Gasteiger partial charge in [0.05, 0.1) is 34.8 Å². The summed E-state index contributed by atoms with van der Waals surface area (Å²) in [6.45, 7) is 0.904. The molecule has 0 amide bonds. The van der Waals surface area contributed by atoms with E-state index in [-0.39, 0.29) is 21.2 Å². The number of aliphatic hydroxyl groups excluding tert-OH is 1. The molecule has 0 unspecified atom stereocenters. The highest BCUT2D eigenvalue weighted by Crippen LogP contribution is 2.34. The van der Waals surface area contributed by atoms with E-state index in [2.05, 4.69) is 20.0 Å². The molecule has 218 valence electrons. The van der Waals surface area contributed by atoms with E-state index in [4.69, 9.17) is 11.6 Å². The summed E-state index contributed by atoms with van der Waals surface area (Å²) in [5.74, 6) is -0.797. The third-order valence-corrected chi connectivity index (χ3v) is 7.64. The first kappa shape index (κ1) is 29.2. The Kier molecular flexibility index (Phi) is 7.55. The summed E-state index contributed by atoms with van der Waals surface area (Å²) in [4.78, 5) is 3.86. The normalized spacial score (nSPS) is 12.1. The maximum absolute atomic E-state index is 15.0. The number of alkyl halides is 3. The fourth-order valence-electron chi connectivity index (χ4n) is 4.46. The van der Waals surface area contributed by atoms with Crippen molar-refractivity contribution in [3.8, 4) is 39.5 Å².